The molecule has 0 aliphatic heterocycles. The van der Waals surface area contributed by atoms with E-state index >= 15 is 0 Å². The molecule has 0 fully saturated rings. The highest BCUT2D eigenvalue weighted by atomic mass is 35.5. The van der Waals surface area contributed by atoms with Crippen molar-refractivity contribution in [2.24, 2.45) is 0 Å². The fraction of sp³-hybridized carbons (Fsp3) is 0.800. The maximum absolute atomic E-state index is 5.57. The molecule has 0 amide bonds. The van der Waals surface area contributed by atoms with Gasteiger partial charge in [0.15, 0.2) is 0 Å². The summed E-state index contributed by atoms with van der Waals surface area (Å²) in [6.45, 7) is 11.5. The predicted molar refractivity (Wildman–Crippen MR) is 56.6 cm³/mol. The Morgan fingerprint density at radius 2 is 1.46 bits per heavy atom. The molecule has 0 unspecified atom stereocenters. The first-order valence-corrected chi connectivity index (χ1v) is 5.34. The van der Waals surface area contributed by atoms with Gasteiger partial charge in [-0.05, 0) is 26.8 Å². The summed E-state index contributed by atoms with van der Waals surface area (Å²) in [4.78, 5) is 0. The van der Waals surface area contributed by atoms with Crippen molar-refractivity contribution in [1.29, 1.82) is 0 Å². The summed E-state index contributed by atoms with van der Waals surface area (Å²) >= 11 is 5.57. The van der Waals surface area contributed by atoms with Crippen molar-refractivity contribution in [2.45, 2.75) is 20.8 Å². The molecule has 0 saturated heterocycles. The molecule has 0 bridgehead atoms. The van der Waals surface area contributed by atoms with Gasteiger partial charge in [-0.25, -0.2) is 0 Å². The molecule has 3 heteroatoms. The fourth-order valence-corrected chi connectivity index (χ4v) is 1.55. The monoisotopic (exact) mass is 225 g/mol. The van der Waals surface area contributed by atoms with E-state index < -0.39 is 0 Å². The van der Waals surface area contributed by atoms with Crippen molar-refractivity contribution in [1.82, 2.24) is 0 Å². The topological polar surface area (TPSA) is 0 Å². The molecule has 0 aliphatic rings. The van der Waals surface area contributed by atoms with Crippen LogP contribution in [0.15, 0.2) is 12.2 Å². The summed E-state index contributed by atoms with van der Waals surface area (Å²) in [7, 11) is 0. The lowest BCUT2D eigenvalue weighted by atomic mass is 10.3. The summed E-state index contributed by atoms with van der Waals surface area (Å²) in [6.07, 6.45) is 4.24. The third-order valence-corrected chi connectivity index (χ3v) is 2.94. The van der Waals surface area contributed by atoms with Gasteiger partial charge in [-0.1, -0.05) is 6.08 Å². The maximum atomic E-state index is 5.57. The Balaban J connectivity index is 0. The van der Waals surface area contributed by atoms with Crippen LogP contribution in [0.5, 0.6) is 0 Å². The van der Waals surface area contributed by atoms with Gasteiger partial charge in [-0.15, -0.1) is 11.6 Å². The zero-order valence-corrected chi connectivity index (χ0v) is 10.4. The summed E-state index contributed by atoms with van der Waals surface area (Å²) in [5.41, 5.74) is 0. The number of halogens is 2. The van der Waals surface area contributed by atoms with E-state index in [1.807, 2.05) is 6.08 Å². The van der Waals surface area contributed by atoms with Crippen molar-refractivity contribution >= 4 is 11.6 Å². The molecule has 0 radical (unpaired) electrons. The van der Waals surface area contributed by atoms with Crippen LogP contribution in [0.3, 0.4) is 0 Å². The number of hydrogen-bond donors (Lipinski definition) is 0. The van der Waals surface area contributed by atoms with Gasteiger partial charge in [0.05, 0.1) is 26.2 Å². The van der Waals surface area contributed by atoms with E-state index in [-0.39, 0.29) is 12.4 Å². The standard InChI is InChI=1S/C10H21ClN.ClH/c1-4-12(5-2,6-3)10-8-7-9-11;/h7-8H,4-6,9-10H2,1-3H3;1H/q+1;/p-1/b8-7+;. The van der Waals surface area contributed by atoms with Crippen LogP contribution in [0, 0.1) is 0 Å². The second kappa shape index (κ2) is 8.86. The zero-order valence-electron chi connectivity index (χ0n) is 8.89. The molecule has 0 spiro atoms. The van der Waals surface area contributed by atoms with E-state index in [1.54, 1.807) is 0 Å². The van der Waals surface area contributed by atoms with Gasteiger partial charge in [-0.2, -0.15) is 0 Å². The van der Waals surface area contributed by atoms with Crippen molar-refractivity contribution < 1.29 is 16.9 Å². The van der Waals surface area contributed by atoms with Gasteiger partial charge in [0.1, 0.15) is 0 Å². The van der Waals surface area contributed by atoms with Crippen molar-refractivity contribution in [3.63, 3.8) is 0 Å². The van der Waals surface area contributed by atoms with Crippen LogP contribution in [0.1, 0.15) is 20.8 Å². The summed E-state index contributed by atoms with van der Waals surface area (Å²) in [5, 5.41) is 0. The largest absolute Gasteiger partial charge is 1.00 e. The third kappa shape index (κ3) is 5.56. The molecule has 0 aromatic rings. The number of rotatable bonds is 6. The molecule has 1 nitrogen and oxygen atoms in total. The number of nitrogens with zero attached hydrogens (tertiary/aromatic N) is 1. The van der Waals surface area contributed by atoms with Crippen LogP contribution in [0.2, 0.25) is 0 Å². The first-order valence-electron chi connectivity index (χ1n) is 4.80. The number of hydrogen-bond acceptors (Lipinski definition) is 0. The molecule has 0 atom stereocenters. The fourth-order valence-electron chi connectivity index (χ4n) is 1.42. The van der Waals surface area contributed by atoms with Gasteiger partial charge in [0.2, 0.25) is 0 Å². The van der Waals surface area contributed by atoms with Crippen molar-refractivity contribution in [3.05, 3.63) is 12.2 Å². The smallest absolute Gasteiger partial charge is 0.0973 e. The summed E-state index contributed by atoms with van der Waals surface area (Å²) < 4.78 is 1.17. The second-order valence-corrected chi connectivity index (χ2v) is 3.41. The SMILES string of the molecule is CC[N+](CC)(CC)C/C=C/CCl.[Cl-]. The highest BCUT2D eigenvalue weighted by molar-refractivity contribution is 6.18. The Kier molecular flexibility index (Phi) is 10.7. The molecule has 0 rings (SSSR count). The van der Waals surface area contributed by atoms with E-state index in [0.29, 0.717) is 5.88 Å². The average molecular weight is 226 g/mol. The first-order chi connectivity index (χ1) is 5.74. The maximum Gasteiger partial charge on any atom is 0.0973 e. The van der Waals surface area contributed by atoms with E-state index in [2.05, 4.69) is 26.8 Å². The molecule has 80 valence electrons. The molecule has 0 heterocycles. The van der Waals surface area contributed by atoms with E-state index in [1.165, 1.54) is 24.1 Å². The van der Waals surface area contributed by atoms with Crippen LogP contribution in [0.4, 0.5) is 0 Å². The number of quaternary nitrogens is 1. The highest BCUT2D eigenvalue weighted by Gasteiger charge is 2.17. The lowest BCUT2D eigenvalue weighted by Gasteiger charge is -2.34. The van der Waals surface area contributed by atoms with Crippen LogP contribution in [0.25, 0.3) is 0 Å². The molecule has 13 heavy (non-hydrogen) atoms. The Labute approximate surface area is 93.8 Å². The van der Waals surface area contributed by atoms with Crippen LogP contribution in [-0.2, 0) is 0 Å². The summed E-state index contributed by atoms with van der Waals surface area (Å²) in [6, 6.07) is 0. The molecular formula is C10H21Cl2N. The first kappa shape index (κ1) is 15.7. The minimum Gasteiger partial charge on any atom is -1.00 e. The van der Waals surface area contributed by atoms with Gasteiger partial charge < -0.3 is 16.9 Å². The Morgan fingerprint density at radius 1 is 1.00 bits per heavy atom. The van der Waals surface area contributed by atoms with Crippen molar-refractivity contribution in [3.8, 4) is 0 Å². The second-order valence-electron chi connectivity index (χ2n) is 3.10. The van der Waals surface area contributed by atoms with Gasteiger partial charge in [0, 0.05) is 5.88 Å². The Hall–Kier alpha value is 0.280. The van der Waals surface area contributed by atoms with Crippen molar-refractivity contribution in [2.75, 3.05) is 32.1 Å². The molecular weight excluding hydrogens is 205 g/mol. The van der Waals surface area contributed by atoms with E-state index in [0.717, 1.165) is 6.54 Å². The quantitative estimate of drug-likeness (QED) is 0.330. The van der Waals surface area contributed by atoms with Crippen LogP contribution in [-0.4, -0.2) is 36.5 Å². The predicted octanol–water partition coefficient (Wildman–Crippen LogP) is -0.338. The highest BCUT2D eigenvalue weighted by Crippen LogP contribution is 2.05. The molecule has 0 aromatic heterocycles. The molecule has 0 aromatic carbocycles. The molecule has 0 aliphatic carbocycles. The van der Waals surface area contributed by atoms with E-state index in [9.17, 15) is 0 Å². The minimum absolute atomic E-state index is 0. The molecule has 0 saturated carbocycles. The Bertz CT molecular complexity index is 123. The Morgan fingerprint density at radius 3 is 1.77 bits per heavy atom. The summed E-state index contributed by atoms with van der Waals surface area (Å²) in [5.74, 6) is 0.636. The lowest BCUT2D eigenvalue weighted by molar-refractivity contribution is -0.917. The lowest BCUT2D eigenvalue weighted by Crippen LogP contribution is -3.00. The number of allylic oxidation sites excluding steroid dienone is 1. The van der Waals surface area contributed by atoms with E-state index in [4.69, 9.17) is 11.6 Å². The minimum atomic E-state index is 0. The number of alkyl halides is 1. The van der Waals surface area contributed by atoms with Gasteiger partial charge in [0.25, 0.3) is 0 Å². The van der Waals surface area contributed by atoms with Crippen LogP contribution < -0.4 is 12.4 Å². The average Bonchev–Trinajstić information content (AvgIpc) is 2.14. The number of likely N-dealkylation sites (N-methyl/N-ethyl adjacent to an activating group) is 1. The normalized spacial score (nSPS) is 11.7. The third-order valence-electron chi connectivity index (χ3n) is 2.76. The molecule has 0 N–H and O–H groups in total. The van der Waals surface area contributed by atoms with Crippen LogP contribution >= 0.6 is 11.6 Å². The zero-order chi connectivity index (χ0) is 9.45. The van der Waals surface area contributed by atoms with Gasteiger partial charge in [-0.3, -0.25) is 0 Å². The van der Waals surface area contributed by atoms with Gasteiger partial charge >= 0.3 is 0 Å².